The van der Waals surface area contributed by atoms with Crippen LogP contribution in [-0.4, -0.2) is 32.2 Å². The Morgan fingerprint density at radius 1 is 1.67 bits per heavy atom. The molecular formula is C10H19N3OS. The largest absolute Gasteiger partial charge is 0.345 e. The first kappa shape index (κ1) is 12.4. The number of rotatable bonds is 6. The van der Waals surface area contributed by atoms with E-state index in [1.807, 2.05) is 20.0 Å². The average molecular weight is 229 g/mol. The number of nitrogens with one attached hydrogen (secondary N) is 2. The van der Waals surface area contributed by atoms with E-state index >= 15 is 0 Å². The topological polar surface area (TPSA) is 57.8 Å². The standard InChI is InChI=1S/C10H19N3OS/c1-8(15(3)14)4-5-11-6-10-7-12-9(2)13-10/h7-8,11H,4-6H2,1-3H3,(H,12,13). The summed E-state index contributed by atoms with van der Waals surface area (Å²) in [6.45, 7) is 5.63. The molecule has 0 amide bonds. The van der Waals surface area contributed by atoms with Gasteiger partial charge in [-0.1, -0.05) is 6.92 Å². The Bertz CT molecular complexity index is 324. The lowest BCUT2D eigenvalue weighted by Crippen LogP contribution is -2.21. The first-order valence-corrected chi connectivity index (χ1v) is 6.75. The van der Waals surface area contributed by atoms with Crippen molar-refractivity contribution in [3.05, 3.63) is 17.7 Å². The number of aromatic amines is 1. The first-order valence-electron chi connectivity index (χ1n) is 5.13. The third-order valence-corrected chi connectivity index (χ3v) is 3.73. The Kier molecular flexibility index (Phi) is 4.98. The fourth-order valence-electron chi connectivity index (χ4n) is 1.26. The van der Waals surface area contributed by atoms with Gasteiger partial charge in [-0.3, -0.25) is 4.21 Å². The number of hydrogen-bond acceptors (Lipinski definition) is 3. The predicted octanol–water partition coefficient (Wildman–Crippen LogP) is 0.965. The molecule has 4 nitrogen and oxygen atoms in total. The molecule has 0 aliphatic heterocycles. The van der Waals surface area contributed by atoms with Crippen molar-refractivity contribution < 1.29 is 4.21 Å². The molecule has 0 saturated carbocycles. The highest BCUT2D eigenvalue weighted by Crippen LogP contribution is 1.98. The average Bonchev–Trinajstić information content (AvgIpc) is 2.58. The van der Waals surface area contributed by atoms with Gasteiger partial charge in [0, 0.05) is 40.7 Å². The summed E-state index contributed by atoms with van der Waals surface area (Å²) in [5.74, 6) is 0.940. The van der Waals surface area contributed by atoms with Gasteiger partial charge in [0.05, 0.1) is 0 Å². The van der Waals surface area contributed by atoms with Gasteiger partial charge in [0.1, 0.15) is 5.82 Å². The van der Waals surface area contributed by atoms with E-state index in [-0.39, 0.29) is 5.25 Å². The maximum atomic E-state index is 11.1. The van der Waals surface area contributed by atoms with Gasteiger partial charge in [-0.05, 0) is 19.9 Å². The van der Waals surface area contributed by atoms with Crippen LogP contribution in [0.25, 0.3) is 0 Å². The Morgan fingerprint density at radius 2 is 2.40 bits per heavy atom. The Hall–Kier alpha value is -0.680. The molecule has 0 aliphatic rings. The highest BCUT2D eigenvalue weighted by molar-refractivity contribution is 7.84. The second kappa shape index (κ2) is 6.02. The summed E-state index contributed by atoms with van der Waals surface area (Å²) in [5, 5.41) is 3.56. The minimum atomic E-state index is -0.714. The molecule has 1 rings (SSSR count). The fraction of sp³-hybridized carbons (Fsp3) is 0.700. The maximum Gasteiger partial charge on any atom is 0.103 e. The second-order valence-electron chi connectivity index (χ2n) is 3.77. The monoisotopic (exact) mass is 229 g/mol. The van der Waals surface area contributed by atoms with E-state index in [0.29, 0.717) is 0 Å². The molecule has 86 valence electrons. The van der Waals surface area contributed by atoms with E-state index in [1.165, 1.54) is 0 Å². The van der Waals surface area contributed by atoms with E-state index in [9.17, 15) is 4.21 Å². The Labute approximate surface area is 93.3 Å². The summed E-state index contributed by atoms with van der Waals surface area (Å²) in [5.41, 5.74) is 1.10. The highest BCUT2D eigenvalue weighted by atomic mass is 32.2. The van der Waals surface area contributed by atoms with Crippen LogP contribution in [0.3, 0.4) is 0 Å². The number of nitrogens with zero attached hydrogens (tertiary/aromatic N) is 1. The lowest BCUT2D eigenvalue weighted by atomic mass is 10.3. The molecule has 0 saturated heterocycles. The van der Waals surface area contributed by atoms with Gasteiger partial charge in [-0.15, -0.1) is 0 Å². The molecule has 0 spiro atoms. The normalized spacial score (nSPS) is 15.1. The molecule has 0 aliphatic carbocycles. The molecular weight excluding hydrogens is 210 g/mol. The van der Waals surface area contributed by atoms with Crippen molar-refractivity contribution >= 4 is 10.8 Å². The van der Waals surface area contributed by atoms with E-state index in [2.05, 4.69) is 15.3 Å². The van der Waals surface area contributed by atoms with Crippen molar-refractivity contribution in [1.29, 1.82) is 0 Å². The summed E-state index contributed by atoms with van der Waals surface area (Å²) >= 11 is 0. The van der Waals surface area contributed by atoms with Crippen LogP contribution >= 0.6 is 0 Å². The molecule has 0 bridgehead atoms. The van der Waals surface area contributed by atoms with Crippen LogP contribution in [0.4, 0.5) is 0 Å². The Morgan fingerprint density at radius 3 is 2.93 bits per heavy atom. The maximum absolute atomic E-state index is 11.1. The molecule has 1 aromatic rings. The lowest BCUT2D eigenvalue weighted by Gasteiger charge is -2.08. The zero-order valence-electron chi connectivity index (χ0n) is 9.54. The molecule has 5 heteroatoms. The number of H-pyrrole nitrogens is 1. The van der Waals surface area contributed by atoms with Crippen LogP contribution in [0, 0.1) is 6.92 Å². The zero-order chi connectivity index (χ0) is 11.3. The van der Waals surface area contributed by atoms with Crippen molar-refractivity contribution in [1.82, 2.24) is 15.3 Å². The van der Waals surface area contributed by atoms with Crippen molar-refractivity contribution in [2.45, 2.75) is 32.1 Å². The van der Waals surface area contributed by atoms with Crippen molar-refractivity contribution in [3.63, 3.8) is 0 Å². The number of imidazole rings is 1. The number of aromatic nitrogens is 2. The van der Waals surface area contributed by atoms with Gasteiger partial charge in [-0.25, -0.2) is 4.98 Å². The summed E-state index contributed by atoms with van der Waals surface area (Å²) in [6, 6.07) is 0. The van der Waals surface area contributed by atoms with E-state index in [0.717, 1.165) is 31.0 Å². The Balaban J connectivity index is 2.14. The molecule has 2 unspecified atom stereocenters. The molecule has 0 fully saturated rings. The quantitative estimate of drug-likeness (QED) is 0.715. The van der Waals surface area contributed by atoms with Gasteiger partial charge in [0.25, 0.3) is 0 Å². The second-order valence-corrected chi connectivity index (χ2v) is 5.57. The van der Waals surface area contributed by atoms with Gasteiger partial charge in [0.15, 0.2) is 0 Å². The lowest BCUT2D eigenvalue weighted by molar-refractivity contribution is 0.624. The van der Waals surface area contributed by atoms with E-state index < -0.39 is 10.8 Å². The molecule has 0 radical (unpaired) electrons. The molecule has 2 N–H and O–H groups in total. The summed E-state index contributed by atoms with van der Waals surface area (Å²) in [4.78, 5) is 7.27. The van der Waals surface area contributed by atoms with Crippen LogP contribution < -0.4 is 5.32 Å². The third kappa shape index (κ3) is 4.57. The summed E-state index contributed by atoms with van der Waals surface area (Å²) in [6.07, 6.45) is 4.53. The van der Waals surface area contributed by atoms with Crippen LogP contribution in [0.2, 0.25) is 0 Å². The molecule has 15 heavy (non-hydrogen) atoms. The minimum absolute atomic E-state index is 0.265. The highest BCUT2D eigenvalue weighted by Gasteiger charge is 2.04. The first-order chi connectivity index (χ1) is 7.09. The fourth-order valence-corrected chi connectivity index (χ4v) is 1.71. The minimum Gasteiger partial charge on any atom is -0.345 e. The SMILES string of the molecule is Cc1ncc(CNCCC(C)S(C)=O)[nH]1. The smallest absolute Gasteiger partial charge is 0.103 e. The third-order valence-electron chi connectivity index (χ3n) is 2.37. The van der Waals surface area contributed by atoms with Crippen molar-refractivity contribution in [2.24, 2.45) is 0 Å². The molecule has 0 aromatic carbocycles. The molecule has 1 aromatic heterocycles. The van der Waals surface area contributed by atoms with Crippen molar-refractivity contribution in [2.75, 3.05) is 12.8 Å². The van der Waals surface area contributed by atoms with Gasteiger partial charge in [0.2, 0.25) is 0 Å². The van der Waals surface area contributed by atoms with Crippen LogP contribution in [0.1, 0.15) is 24.9 Å². The molecule has 2 atom stereocenters. The summed E-state index contributed by atoms with van der Waals surface area (Å²) < 4.78 is 11.1. The number of aryl methyl sites for hydroxylation is 1. The van der Waals surface area contributed by atoms with Crippen LogP contribution in [0.15, 0.2) is 6.20 Å². The molecule has 1 heterocycles. The van der Waals surface area contributed by atoms with E-state index in [1.54, 1.807) is 6.26 Å². The summed E-state index contributed by atoms with van der Waals surface area (Å²) in [7, 11) is -0.714. The number of hydrogen-bond donors (Lipinski definition) is 2. The van der Waals surface area contributed by atoms with Gasteiger partial charge >= 0.3 is 0 Å². The predicted molar refractivity (Wildman–Crippen MR) is 63.2 cm³/mol. The van der Waals surface area contributed by atoms with Crippen LogP contribution in [0.5, 0.6) is 0 Å². The van der Waals surface area contributed by atoms with Crippen molar-refractivity contribution in [3.8, 4) is 0 Å². The van der Waals surface area contributed by atoms with Gasteiger partial charge < -0.3 is 10.3 Å². The van der Waals surface area contributed by atoms with Gasteiger partial charge in [-0.2, -0.15) is 0 Å². The van der Waals surface area contributed by atoms with E-state index in [4.69, 9.17) is 0 Å². The van der Waals surface area contributed by atoms with Crippen LogP contribution in [-0.2, 0) is 17.3 Å². The zero-order valence-corrected chi connectivity index (χ0v) is 10.4.